The van der Waals surface area contributed by atoms with Gasteiger partial charge in [0.2, 0.25) is 0 Å². The van der Waals surface area contributed by atoms with Gasteiger partial charge in [0.1, 0.15) is 10.7 Å². The quantitative estimate of drug-likeness (QED) is 0.298. The number of hydrogen-bond acceptors (Lipinski definition) is 5. The maximum Gasteiger partial charge on any atom is 0.509 e. The molecule has 0 rings (SSSR count). The van der Waals surface area contributed by atoms with Crippen LogP contribution in [0.5, 0.6) is 0 Å². The van der Waals surface area contributed by atoms with Crippen molar-refractivity contribution in [2.45, 2.75) is 32.8 Å². The zero-order chi connectivity index (χ0) is 13.7. The second kappa shape index (κ2) is 14.1. The van der Waals surface area contributed by atoms with Gasteiger partial charge in [-0.25, -0.2) is 9.59 Å². The molecule has 0 amide bonds. The minimum Gasteiger partial charge on any atom is -0.437 e. The summed E-state index contributed by atoms with van der Waals surface area (Å²) in [5, 5.41) is 0. The van der Waals surface area contributed by atoms with Crippen molar-refractivity contribution in [3.63, 3.8) is 0 Å². The largest absolute Gasteiger partial charge is 0.509 e. The summed E-state index contributed by atoms with van der Waals surface area (Å²) < 4.78 is 13.8. The molecule has 0 radical (unpaired) electrons. The lowest BCUT2D eigenvalue weighted by Gasteiger charge is -2.12. The van der Waals surface area contributed by atoms with Crippen LogP contribution in [0.25, 0.3) is 0 Å². The summed E-state index contributed by atoms with van der Waals surface area (Å²) in [5.74, 6) is 0. The van der Waals surface area contributed by atoms with Gasteiger partial charge in [-0.05, 0) is 35.4 Å². The van der Waals surface area contributed by atoms with E-state index in [1.54, 1.807) is 0 Å². The Morgan fingerprint density at radius 1 is 1.24 bits per heavy atom. The predicted octanol–water partition coefficient (Wildman–Crippen LogP) is 4.28. The molecule has 17 heavy (non-hydrogen) atoms. The molecule has 5 nitrogen and oxygen atoms in total. The third-order valence-corrected chi connectivity index (χ3v) is 2.04. The summed E-state index contributed by atoms with van der Waals surface area (Å²) in [4.78, 5) is 20.2. The average molecular weight is 401 g/mol. The van der Waals surface area contributed by atoms with Crippen molar-refractivity contribution >= 4 is 57.4 Å². The number of rotatable bonds is 5. The van der Waals surface area contributed by atoms with Crippen LogP contribution in [0.4, 0.5) is 9.59 Å². The van der Waals surface area contributed by atoms with E-state index in [4.69, 9.17) is 16.3 Å². The number of carbonyl (C=O) groups is 2. The highest BCUT2D eigenvalue weighted by Gasteiger charge is 2.10. The molecule has 0 aliphatic rings. The molecule has 0 aromatic carbocycles. The highest BCUT2D eigenvalue weighted by Crippen LogP contribution is 2.04. The van der Waals surface area contributed by atoms with Gasteiger partial charge in [-0.1, -0.05) is 25.4 Å². The molecule has 0 atom stereocenters. The van der Waals surface area contributed by atoms with Crippen molar-refractivity contribution in [1.29, 1.82) is 0 Å². The van der Waals surface area contributed by atoms with Crippen molar-refractivity contribution < 1.29 is 23.8 Å². The van der Waals surface area contributed by atoms with Crippen molar-refractivity contribution in [3.8, 4) is 0 Å². The molecule has 0 aliphatic heterocycles. The Hall–Kier alpha value is 0.0500. The Balaban J connectivity index is 0. The van der Waals surface area contributed by atoms with Crippen LogP contribution in [-0.4, -0.2) is 28.4 Å². The first-order valence-corrected chi connectivity index (χ1v) is 7.23. The van der Waals surface area contributed by atoms with E-state index < -0.39 is 11.6 Å². The van der Waals surface area contributed by atoms with Gasteiger partial charge >= 0.3 is 11.6 Å². The molecule has 102 valence electrons. The molecule has 0 saturated heterocycles. The van der Waals surface area contributed by atoms with E-state index in [2.05, 4.69) is 21.1 Å². The van der Waals surface area contributed by atoms with Gasteiger partial charge in [0.25, 0.3) is 0 Å². The average Bonchev–Trinajstić information content (AvgIpc) is 2.27. The van der Waals surface area contributed by atoms with Crippen LogP contribution >= 0.6 is 45.8 Å². The van der Waals surface area contributed by atoms with E-state index in [1.165, 1.54) is 0 Å². The van der Waals surface area contributed by atoms with Crippen molar-refractivity contribution in [3.05, 3.63) is 0 Å². The van der Waals surface area contributed by atoms with E-state index in [1.807, 2.05) is 36.4 Å². The summed E-state index contributed by atoms with van der Waals surface area (Å²) in [5.41, 5.74) is -0.870. The second-order valence-corrected chi connectivity index (χ2v) is 3.70. The molecule has 8 heteroatoms. The zero-order valence-electron chi connectivity index (χ0n) is 9.58. The highest BCUT2D eigenvalue weighted by molar-refractivity contribution is 14.1. The fourth-order valence-corrected chi connectivity index (χ4v) is 1.18. The molecule has 0 aliphatic carbocycles. The highest BCUT2D eigenvalue weighted by atomic mass is 127. The fraction of sp³-hybridized carbons (Fsp3) is 0.778. The summed E-state index contributed by atoms with van der Waals surface area (Å²) in [7, 11) is 0. The molecule has 0 aromatic heterocycles. The molecule has 0 unspecified atom stereocenters. The third kappa shape index (κ3) is 16.1. The number of ether oxygens (including phenoxy) is 3. The minimum atomic E-state index is -0.870. The summed E-state index contributed by atoms with van der Waals surface area (Å²) >= 11 is 11.5. The Morgan fingerprint density at radius 3 is 2.00 bits per heavy atom. The molecule has 0 N–H and O–H groups in total. The first-order valence-electron chi connectivity index (χ1n) is 4.79. The van der Waals surface area contributed by atoms with Gasteiger partial charge in [-0.2, -0.15) is 0 Å². The van der Waals surface area contributed by atoms with Crippen molar-refractivity contribution in [1.82, 2.24) is 0 Å². The lowest BCUT2D eigenvalue weighted by atomic mass is 10.2. The summed E-state index contributed by atoms with van der Waals surface area (Å²) in [6.45, 7) is 3.96. The Labute approximate surface area is 124 Å². The number of halogens is 3. The number of hydrogen-bond donors (Lipinski definition) is 0. The molecule has 0 aromatic rings. The first-order chi connectivity index (χ1) is 8.01. The number of carbonyl (C=O) groups excluding carboxylic acids is 2. The molecule has 0 spiro atoms. The van der Waals surface area contributed by atoms with E-state index >= 15 is 0 Å². The monoisotopic (exact) mass is 400 g/mol. The van der Waals surface area contributed by atoms with Crippen LogP contribution in [0.15, 0.2) is 0 Å². The third-order valence-electron chi connectivity index (χ3n) is 1.51. The van der Waals surface area contributed by atoms with Gasteiger partial charge in [0.15, 0.2) is 6.07 Å². The van der Waals surface area contributed by atoms with E-state index in [0.717, 1.165) is 12.8 Å². The van der Waals surface area contributed by atoms with Gasteiger partial charge in [0, 0.05) is 11.6 Å². The molecule has 0 fully saturated rings. The molecule has 0 saturated carbocycles. The Morgan fingerprint density at radius 2 is 1.76 bits per heavy atom. The fourth-order valence-electron chi connectivity index (χ4n) is 0.713. The van der Waals surface area contributed by atoms with Crippen LogP contribution in [0.1, 0.15) is 26.7 Å². The number of alkyl halides is 2. The second-order valence-electron chi connectivity index (χ2n) is 2.55. The molecule has 0 heterocycles. The van der Waals surface area contributed by atoms with Crippen molar-refractivity contribution in [2.75, 3.05) is 10.7 Å². The SMILES string of the molecule is CCC(CC)OC(=O)OCI.O=C(Cl)OCCl. The summed E-state index contributed by atoms with van der Waals surface area (Å²) in [6, 6.07) is -0.178. The van der Waals surface area contributed by atoms with Gasteiger partial charge in [-0.3, -0.25) is 0 Å². The standard InChI is InChI=1S/C7H13IO3.C2H2Cl2O2/c1-3-6(4-2)11-7(9)10-5-8;3-1-6-2(4)5/h6H,3-5H2,1-2H3;1H2. The maximum absolute atomic E-state index is 10.7. The normalized spacial score (nSPS) is 9.06. The van der Waals surface area contributed by atoms with E-state index in [-0.39, 0.29) is 12.2 Å². The van der Waals surface area contributed by atoms with Crippen LogP contribution in [0.3, 0.4) is 0 Å². The van der Waals surface area contributed by atoms with Crippen LogP contribution < -0.4 is 0 Å². The lowest BCUT2D eigenvalue weighted by molar-refractivity contribution is 0.0327. The van der Waals surface area contributed by atoms with Crippen LogP contribution in [0, 0.1) is 0 Å². The van der Waals surface area contributed by atoms with Crippen molar-refractivity contribution in [2.24, 2.45) is 0 Å². The first kappa shape index (κ1) is 19.4. The van der Waals surface area contributed by atoms with Gasteiger partial charge < -0.3 is 14.2 Å². The van der Waals surface area contributed by atoms with Crippen LogP contribution in [0.2, 0.25) is 0 Å². The Bertz CT molecular complexity index is 212. The molecule has 0 bridgehead atoms. The predicted molar refractivity (Wildman–Crippen MR) is 73.9 cm³/mol. The Kier molecular flexibility index (Phi) is 16.1. The van der Waals surface area contributed by atoms with Gasteiger partial charge in [0.05, 0.1) is 0 Å². The van der Waals surface area contributed by atoms with Gasteiger partial charge in [-0.15, -0.1) is 0 Å². The van der Waals surface area contributed by atoms with Crippen LogP contribution in [-0.2, 0) is 14.2 Å². The topological polar surface area (TPSA) is 61.8 Å². The smallest absolute Gasteiger partial charge is 0.437 e. The molecular weight excluding hydrogens is 386 g/mol. The maximum atomic E-state index is 10.7. The van der Waals surface area contributed by atoms with E-state index in [0.29, 0.717) is 4.61 Å². The lowest BCUT2D eigenvalue weighted by Crippen LogP contribution is -2.16. The molecular formula is C9H15Cl2IO5. The minimum absolute atomic E-state index is 0.00505. The summed E-state index contributed by atoms with van der Waals surface area (Å²) in [6.07, 6.45) is 1.12. The zero-order valence-corrected chi connectivity index (χ0v) is 13.3. The van der Waals surface area contributed by atoms with E-state index in [9.17, 15) is 9.59 Å².